The molecule has 1 aliphatic rings. The van der Waals surface area contributed by atoms with E-state index in [1.54, 1.807) is 6.92 Å². The van der Waals surface area contributed by atoms with Crippen LogP contribution in [0, 0.1) is 5.92 Å². The molecular formula is C11H18F3NO2. The van der Waals surface area contributed by atoms with E-state index in [0.29, 0.717) is 12.3 Å². The Bertz CT molecular complexity index is 276. The van der Waals surface area contributed by atoms with Crippen LogP contribution in [-0.2, 0) is 9.53 Å². The van der Waals surface area contributed by atoms with Crippen molar-refractivity contribution in [3.8, 4) is 0 Å². The van der Waals surface area contributed by atoms with E-state index in [1.807, 2.05) is 0 Å². The number of halogens is 3. The smallest absolute Gasteiger partial charge is 0.401 e. The van der Waals surface area contributed by atoms with Gasteiger partial charge in [0.25, 0.3) is 0 Å². The lowest BCUT2D eigenvalue weighted by atomic mass is 9.94. The lowest BCUT2D eigenvalue weighted by molar-refractivity contribution is -0.155. The second-order valence-electron chi connectivity index (χ2n) is 4.67. The zero-order valence-corrected chi connectivity index (χ0v) is 10.1. The molecule has 1 fully saturated rings. The molecular weight excluding hydrogens is 235 g/mol. The summed E-state index contributed by atoms with van der Waals surface area (Å²) in [6.45, 7) is 2.12. The highest BCUT2D eigenvalue weighted by molar-refractivity contribution is 5.80. The first-order chi connectivity index (χ1) is 7.77. The first kappa shape index (κ1) is 14.3. The quantitative estimate of drug-likeness (QED) is 0.738. The lowest BCUT2D eigenvalue weighted by Gasteiger charge is -2.29. The van der Waals surface area contributed by atoms with E-state index in [0.717, 1.165) is 12.8 Å². The molecule has 1 unspecified atom stereocenters. The molecule has 0 aliphatic heterocycles. The fraction of sp³-hybridized carbons (Fsp3) is 0.909. The second-order valence-corrected chi connectivity index (χ2v) is 4.67. The average molecular weight is 253 g/mol. The van der Waals surface area contributed by atoms with Gasteiger partial charge in [0, 0.05) is 0 Å². The topological polar surface area (TPSA) is 38.3 Å². The molecule has 1 rings (SSSR count). The first-order valence-corrected chi connectivity index (χ1v) is 5.76. The van der Waals surface area contributed by atoms with Crippen LogP contribution in [0.4, 0.5) is 13.2 Å². The molecule has 0 heterocycles. The molecule has 1 N–H and O–H groups in total. The van der Waals surface area contributed by atoms with E-state index in [1.165, 1.54) is 6.92 Å². The Morgan fingerprint density at radius 2 is 2.00 bits per heavy atom. The Kier molecular flexibility index (Phi) is 4.41. The number of hydrogen-bond acceptors (Lipinski definition) is 3. The molecule has 1 aliphatic carbocycles. The minimum atomic E-state index is -4.32. The van der Waals surface area contributed by atoms with Gasteiger partial charge in [-0.1, -0.05) is 12.8 Å². The Balaban J connectivity index is 2.59. The number of rotatable bonds is 6. The molecule has 0 spiro atoms. The van der Waals surface area contributed by atoms with Crippen LogP contribution in [0.3, 0.4) is 0 Å². The van der Waals surface area contributed by atoms with Gasteiger partial charge in [0.2, 0.25) is 0 Å². The third-order valence-corrected chi connectivity index (χ3v) is 2.80. The van der Waals surface area contributed by atoms with E-state index in [2.05, 4.69) is 5.32 Å². The summed E-state index contributed by atoms with van der Waals surface area (Å²) in [5, 5.41) is 2.29. The van der Waals surface area contributed by atoms with Crippen molar-refractivity contribution in [2.45, 2.75) is 44.8 Å². The maximum atomic E-state index is 12.2. The standard InChI is InChI=1S/C11H18F3NO2/c1-3-17-9(16)10(2,6-8-4-5-8)15-7-11(12,13)14/h8,15H,3-7H2,1-2H3. The van der Waals surface area contributed by atoms with Gasteiger partial charge in [-0.3, -0.25) is 10.1 Å². The van der Waals surface area contributed by atoms with Gasteiger partial charge in [-0.05, 0) is 26.2 Å². The molecule has 3 nitrogen and oxygen atoms in total. The molecule has 1 saturated carbocycles. The highest BCUT2D eigenvalue weighted by Crippen LogP contribution is 2.37. The van der Waals surface area contributed by atoms with Gasteiger partial charge in [0.1, 0.15) is 5.54 Å². The lowest BCUT2D eigenvalue weighted by Crippen LogP contribution is -2.53. The normalized spacial score (nSPS) is 19.8. The monoisotopic (exact) mass is 253 g/mol. The summed E-state index contributed by atoms with van der Waals surface area (Å²) in [6, 6.07) is 0. The minimum absolute atomic E-state index is 0.173. The van der Waals surface area contributed by atoms with Gasteiger partial charge in [-0.2, -0.15) is 13.2 Å². The van der Waals surface area contributed by atoms with Crippen molar-refractivity contribution in [1.29, 1.82) is 0 Å². The molecule has 0 amide bonds. The molecule has 0 radical (unpaired) electrons. The van der Waals surface area contributed by atoms with Gasteiger partial charge in [-0.15, -0.1) is 0 Å². The largest absolute Gasteiger partial charge is 0.465 e. The highest BCUT2D eigenvalue weighted by Gasteiger charge is 2.42. The van der Waals surface area contributed by atoms with E-state index >= 15 is 0 Å². The minimum Gasteiger partial charge on any atom is -0.465 e. The molecule has 0 aromatic carbocycles. The van der Waals surface area contributed by atoms with Gasteiger partial charge >= 0.3 is 12.1 Å². The van der Waals surface area contributed by atoms with Crippen LogP contribution in [0.5, 0.6) is 0 Å². The molecule has 6 heteroatoms. The maximum absolute atomic E-state index is 12.2. The van der Waals surface area contributed by atoms with Crippen molar-refractivity contribution in [3.05, 3.63) is 0 Å². The fourth-order valence-electron chi connectivity index (χ4n) is 1.71. The number of carbonyl (C=O) groups is 1. The summed E-state index contributed by atoms with van der Waals surface area (Å²) in [5.74, 6) is -0.263. The van der Waals surface area contributed by atoms with Crippen molar-refractivity contribution in [2.24, 2.45) is 5.92 Å². The zero-order chi connectivity index (χ0) is 13.1. The average Bonchev–Trinajstić information content (AvgIpc) is 2.98. The molecule has 0 aromatic rings. The predicted molar refractivity (Wildman–Crippen MR) is 56.4 cm³/mol. The van der Waals surface area contributed by atoms with Crippen molar-refractivity contribution < 1.29 is 22.7 Å². The molecule has 0 bridgehead atoms. The van der Waals surface area contributed by atoms with E-state index < -0.39 is 24.2 Å². The van der Waals surface area contributed by atoms with E-state index in [-0.39, 0.29) is 6.61 Å². The maximum Gasteiger partial charge on any atom is 0.401 e. The predicted octanol–water partition coefficient (Wildman–Crippen LogP) is 2.26. The van der Waals surface area contributed by atoms with Gasteiger partial charge in [-0.25, -0.2) is 0 Å². The first-order valence-electron chi connectivity index (χ1n) is 5.76. The van der Waals surface area contributed by atoms with Crippen LogP contribution >= 0.6 is 0 Å². The van der Waals surface area contributed by atoms with Crippen LogP contribution in [0.15, 0.2) is 0 Å². The SMILES string of the molecule is CCOC(=O)C(C)(CC1CC1)NCC(F)(F)F. The molecule has 100 valence electrons. The summed E-state index contributed by atoms with van der Waals surface area (Å²) in [7, 11) is 0. The van der Waals surface area contributed by atoms with Crippen LogP contribution in [-0.4, -0.2) is 30.8 Å². The third kappa shape index (κ3) is 4.93. The van der Waals surface area contributed by atoms with E-state index in [9.17, 15) is 18.0 Å². The fourth-order valence-corrected chi connectivity index (χ4v) is 1.71. The highest BCUT2D eigenvalue weighted by atomic mass is 19.4. The van der Waals surface area contributed by atoms with E-state index in [4.69, 9.17) is 4.74 Å². The number of carbonyl (C=O) groups excluding carboxylic acids is 1. The molecule has 0 saturated heterocycles. The van der Waals surface area contributed by atoms with Gasteiger partial charge in [0.15, 0.2) is 0 Å². The summed E-state index contributed by atoms with van der Waals surface area (Å²) in [6.07, 6.45) is -1.97. The Morgan fingerprint density at radius 1 is 1.41 bits per heavy atom. The summed E-state index contributed by atoms with van der Waals surface area (Å²) >= 11 is 0. The zero-order valence-electron chi connectivity index (χ0n) is 10.1. The Labute approximate surface area is 98.7 Å². The van der Waals surface area contributed by atoms with Gasteiger partial charge in [0.05, 0.1) is 13.2 Å². The van der Waals surface area contributed by atoms with Gasteiger partial charge < -0.3 is 4.74 Å². The summed E-state index contributed by atoms with van der Waals surface area (Å²) < 4.78 is 41.4. The van der Waals surface area contributed by atoms with Crippen LogP contribution < -0.4 is 5.32 Å². The van der Waals surface area contributed by atoms with Crippen LogP contribution in [0.1, 0.15) is 33.1 Å². The molecule has 0 aromatic heterocycles. The Morgan fingerprint density at radius 3 is 2.41 bits per heavy atom. The Hall–Kier alpha value is -0.780. The third-order valence-electron chi connectivity index (χ3n) is 2.80. The van der Waals surface area contributed by atoms with Crippen molar-refractivity contribution in [2.75, 3.05) is 13.2 Å². The number of hydrogen-bond donors (Lipinski definition) is 1. The number of esters is 1. The van der Waals surface area contributed by atoms with Crippen molar-refractivity contribution >= 4 is 5.97 Å². The van der Waals surface area contributed by atoms with Crippen molar-refractivity contribution in [3.63, 3.8) is 0 Å². The van der Waals surface area contributed by atoms with Crippen LogP contribution in [0.2, 0.25) is 0 Å². The molecule has 1 atom stereocenters. The number of ether oxygens (including phenoxy) is 1. The summed E-state index contributed by atoms with van der Waals surface area (Å²) in [4.78, 5) is 11.7. The van der Waals surface area contributed by atoms with Crippen LogP contribution in [0.25, 0.3) is 0 Å². The number of nitrogens with one attached hydrogen (secondary N) is 1. The molecule has 17 heavy (non-hydrogen) atoms. The summed E-state index contributed by atoms with van der Waals surface area (Å²) in [5.41, 5.74) is -1.23. The second kappa shape index (κ2) is 5.25. The van der Waals surface area contributed by atoms with Crippen molar-refractivity contribution in [1.82, 2.24) is 5.32 Å². The number of alkyl halides is 3.